The maximum atomic E-state index is 13.3. The first-order valence-corrected chi connectivity index (χ1v) is 12.3. The fourth-order valence-corrected chi connectivity index (χ4v) is 4.51. The summed E-state index contributed by atoms with van der Waals surface area (Å²) in [5.74, 6) is -0.913. The zero-order valence-corrected chi connectivity index (χ0v) is 20.5. The van der Waals surface area contributed by atoms with Crippen molar-refractivity contribution < 1.29 is 19.1 Å². The maximum Gasteiger partial charge on any atom is 0.254 e. The SMILES string of the molecule is CN(CC(=O)N1CC(C(=O)Nc2ccccc2)CC1C#N)C(=O)c1cc(OC2CC2)c2ncccc2c1. The number of carbonyl (C=O) groups is 3. The zero-order chi connectivity index (χ0) is 25.9. The molecule has 2 aliphatic rings. The Hall–Kier alpha value is -4.45. The second kappa shape index (κ2) is 10.3. The number of fused-ring (bicyclic) bond motifs is 1. The summed E-state index contributed by atoms with van der Waals surface area (Å²) in [5.41, 5.74) is 1.75. The number of nitrogens with one attached hydrogen (secondary N) is 1. The standard InChI is InChI=1S/C28H27N5O4/c1-32(28(36)19-12-18-6-5-11-30-26(18)24(14-19)37-23-9-10-23)17-25(34)33-16-20(13-22(33)15-29)27(35)31-21-7-3-2-4-8-21/h2-8,11-12,14,20,22-23H,9-10,13,16-17H2,1H3,(H,31,35). The van der Waals surface area contributed by atoms with Crippen molar-refractivity contribution in [2.45, 2.75) is 31.4 Å². The van der Waals surface area contributed by atoms with Gasteiger partial charge < -0.3 is 19.9 Å². The number of hydrogen-bond donors (Lipinski definition) is 1. The van der Waals surface area contributed by atoms with E-state index < -0.39 is 12.0 Å². The molecule has 188 valence electrons. The van der Waals surface area contributed by atoms with Crippen molar-refractivity contribution in [3.63, 3.8) is 0 Å². The molecule has 2 heterocycles. The summed E-state index contributed by atoms with van der Waals surface area (Å²) in [5, 5.41) is 13.2. The molecule has 5 rings (SSSR count). The highest BCUT2D eigenvalue weighted by Gasteiger charge is 2.39. The summed E-state index contributed by atoms with van der Waals surface area (Å²) in [4.78, 5) is 46.3. The fraction of sp³-hybridized carbons (Fsp3) is 0.321. The Balaban J connectivity index is 1.26. The molecular weight excluding hydrogens is 470 g/mol. The summed E-state index contributed by atoms with van der Waals surface area (Å²) in [6.45, 7) is -0.0906. The van der Waals surface area contributed by atoms with Crippen molar-refractivity contribution in [2.75, 3.05) is 25.5 Å². The van der Waals surface area contributed by atoms with E-state index in [-0.39, 0.29) is 43.3 Å². The number of benzene rings is 2. The molecule has 1 aliphatic heterocycles. The third kappa shape index (κ3) is 5.38. The van der Waals surface area contributed by atoms with E-state index in [4.69, 9.17) is 4.74 Å². The van der Waals surface area contributed by atoms with Crippen LogP contribution in [0.4, 0.5) is 5.69 Å². The largest absolute Gasteiger partial charge is 0.488 e. The van der Waals surface area contributed by atoms with Crippen molar-refractivity contribution in [3.05, 3.63) is 66.4 Å². The number of para-hydroxylation sites is 1. The van der Waals surface area contributed by atoms with Crippen molar-refractivity contribution in [3.8, 4) is 11.8 Å². The summed E-state index contributed by atoms with van der Waals surface area (Å²) >= 11 is 0. The Morgan fingerprint density at radius 2 is 1.95 bits per heavy atom. The number of likely N-dealkylation sites (N-methyl/N-ethyl adjacent to an activating group) is 1. The van der Waals surface area contributed by atoms with Crippen LogP contribution in [-0.2, 0) is 9.59 Å². The molecule has 3 aromatic rings. The molecule has 2 aromatic carbocycles. The molecular formula is C28H27N5O4. The average molecular weight is 498 g/mol. The number of nitrogens with zero attached hydrogens (tertiary/aromatic N) is 4. The first-order chi connectivity index (χ1) is 17.9. The van der Waals surface area contributed by atoms with Crippen LogP contribution in [0, 0.1) is 17.2 Å². The number of nitriles is 1. The van der Waals surface area contributed by atoms with Gasteiger partial charge in [0.2, 0.25) is 11.8 Å². The highest BCUT2D eigenvalue weighted by Crippen LogP contribution is 2.32. The molecule has 2 atom stereocenters. The molecule has 0 spiro atoms. The normalized spacial score (nSPS) is 18.8. The predicted octanol–water partition coefficient (Wildman–Crippen LogP) is 3.23. The van der Waals surface area contributed by atoms with Gasteiger partial charge in [-0.2, -0.15) is 5.26 Å². The summed E-state index contributed by atoms with van der Waals surface area (Å²) in [6, 6.07) is 17.5. The van der Waals surface area contributed by atoms with Crippen LogP contribution in [0.25, 0.3) is 10.9 Å². The minimum absolute atomic E-state index is 0.124. The minimum Gasteiger partial charge on any atom is -0.488 e. The van der Waals surface area contributed by atoms with Crippen LogP contribution in [0.2, 0.25) is 0 Å². The van der Waals surface area contributed by atoms with Gasteiger partial charge in [0.1, 0.15) is 17.3 Å². The number of rotatable bonds is 7. The molecule has 1 saturated heterocycles. The van der Waals surface area contributed by atoms with Gasteiger partial charge in [-0.1, -0.05) is 24.3 Å². The van der Waals surface area contributed by atoms with Crippen LogP contribution < -0.4 is 10.1 Å². The number of carbonyl (C=O) groups excluding carboxylic acids is 3. The molecule has 1 saturated carbocycles. The van der Waals surface area contributed by atoms with E-state index in [1.807, 2.05) is 24.3 Å². The van der Waals surface area contributed by atoms with Gasteiger partial charge in [0, 0.05) is 36.4 Å². The number of aromatic nitrogens is 1. The smallest absolute Gasteiger partial charge is 0.254 e. The van der Waals surface area contributed by atoms with E-state index in [9.17, 15) is 19.6 Å². The summed E-state index contributed by atoms with van der Waals surface area (Å²) in [6.07, 6.45) is 4.02. The van der Waals surface area contributed by atoms with E-state index in [0.717, 1.165) is 18.2 Å². The quantitative estimate of drug-likeness (QED) is 0.536. The van der Waals surface area contributed by atoms with Crippen molar-refractivity contribution in [1.82, 2.24) is 14.8 Å². The molecule has 37 heavy (non-hydrogen) atoms. The lowest BCUT2D eigenvalue weighted by molar-refractivity contribution is -0.131. The second-order valence-electron chi connectivity index (χ2n) is 9.51. The number of amides is 3. The minimum atomic E-state index is -0.729. The summed E-state index contributed by atoms with van der Waals surface area (Å²) < 4.78 is 5.99. The third-order valence-electron chi connectivity index (χ3n) is 6.64. The summed E-state index contributed by atoms with van der Waals surface area (Å²) in [7, 11) is 1.55. The van der Waals surface area contributed by atoms with Crippen LogP contribution in [0.3, 0.4) is 0 Å². The number of ether oxygens (including phenoxy) is 1. The van der Waals surface area contributed by atoms with Gasteiger partial charge in [0.15, 0.2) is 0 Å². The molecule has 0 radical (unpaired) electrons. The van der Waals surface area contributed by atoms with Crippen LogP contribution in [0.5, 0.6) is 5.75 Å². The van der Waals surface area contributed by atoms with E-state index in [1.54, 1.807) is 43.6 Å². The van der Waals surface area contributed by atoms with E-state index in [1.165, 1.54) is 9.80 Å². The van der Waals surface area contributed by atoms with Crippen molar-refractivity contribution in [1.29, 1.82) is 5.26 Å². The molecule has 2 fully saturated rings. The van der Waals surface area contributed by atoms with Gasteiger partial charge in [-0.15, -0.1) is 0 Å². The Labute approximate surface area is 214 Å². The highest BCUT2D eigenvalue weighted by molar-refractivity contribution is 6.01. The van der Waals surface area contributed by atoms with E-state index in [2.05, 4.69) is 16.4 Å². The van der Waals surface area contributed by atoms with Gasteiger partial charge in [-0.25, -0.2) is 0 Å². The molecule has 1 aliphatic carbocycles. The van der Waals surface area contributed by atoms with E-state index >= 15 is 0 Å². The van der Waals surface area contributed by atoms with Crippen molar-refractivity contribution >= 4 is 34.3 Å². The molecule has 3 amide bonds. The zero-order valence-electron chi connectivity index (χ0n) is 20.5. The predicted molar refractivity (Wildman–Crippen MR) is 137 cm³/mol. The molecule has 2 unspecified atom stereocenters. The topological polar surface area (TPSA) is 116 Å². The number of pyridine rings is 1. The van der Waals surface area contributed by atoms with Crippen LogP contribution in [0.15, 0.2) is 60.8 Å². The van der Waals surface area contributed by atoms with Gasteiger partial charge in [-0.05, 0) is 49.6 Å². The van der Waals surface area contributed by atoms with E-state index in [0.29, 0.717) is 22.5 Å². The Bertz CT molecular complexity index is 1380. The van der Waals surface area contributed by atoms with Gasteiger partial charge in [0.25, 0.3) is 5.91 Å². The Morgan fingerprint density at radius 1 is 1.16 bits per heavy atom. The van der Waals surface area contributed by atoms with Gasteiger partial charge in [-0.3, -0.25) is 19.4 Å². The van der Waals surface area contributed by atoms with Crippen LogP contribution in [-0.4, -0.2) is 64.8 Å². The Morgan fingerprint density at radius 3 is 2.68 bits per heavy atom. The third-order valence-corrected chi connectivity index (χ3v) is 6.64. The molecule has 0 bridgehead atoms. The number of likely N-dealkylation sites (tertiary alicyclic amines) is 1. The van der Waals surface area contributed by atoms with Crippen molar-refractivity contribution in [2.24, 2.45) is 5.92 Å². The van der Waals surface area contributed by atoms with Crippen LogP contribution in [0.1, 0.15) is 29.6 Å². The Kier molecular flexibility index (Phi) is 6.73. The first-order valence-electron chi connectivity index (χ1n) is 12.3. The van der Waals surface area contributed by atoms with Crippen LogP contribution >= 0.6 is 0 Å². The molecule has 1 aromatic heterocycles. The molecule has 1 N–H and O–H groups in total. The monoisotopic (exact) mass is 497 g/mol. The van der Waals surface area contributed by atoms with Gasteiger partial charge in [0.05, 0.1) is 24.6 Å². The maximum absolute atomic E-state index is 13.3. The lowest BCUT2D eigenvalue weighted by Crippen LogP contribution is -2.43. The molecule has 9 nitrogen and oxygen atoms in total. The fourth-order valence-electron chi connectivity index (χ4n) is 4.51. The average Bonchev–Trinajstić information content (AvgIpc) is 3.62. The van der Waals surface area contributed by atoms with Gasteiger partial charge >= 0.3 is 0 Å². The molecule has 9 heteroatoms. The highest BCUT2D eigenvalue weighted by atomic mass is 16.5. The lowest BCUT2D eigenvalue weighted by atomic mass is 10.1. The first kappa shape index (κ1) is 24.3. The lowest BCUT2D eigenvalue weighted by Gasteiger charge is -2.24. The number of hydrogen-bond acceptors (Lipinski definition) is 6. The number of anilines is 1. The second-order valence-corrected chi connectivity index (χ2v) is 9.51.